The van der Waals surface area contributed by atoms with Crippen molar-refractivity contribution in [2.75, 3.05) is 19.6 Å². The summed E-state index contributed by atoms with van der Waals surface area (Å²) in [7, 11) is -3.55. The van der Waals surface area contributed by atoms with Gasteiger partial charge in [-0.1, -0.05) is 55.6 Å². The number of nitrogens with one attached hydrogen (secondary N) is 2. The molecule has 2 atom stereocenters. The van der Waals surface area contributed by atoms with E-state index in [0.29, 0.717) is 38.8 Å². The van der Waals surface area contributed by atoms with E-state index in [9.17, 15) is 17.6 Å². The third kappa shape index (κ3) is 8.67. The number of sulfonamides is 1. The van der Waals surface area contributed by atoms with Gasteiger partial charge in [0.25, 0.3) is 0 Å². The van der Waals surface area contributed by atoms with Crippen LogP contribution in [0.2, 0.25) is 0 Å². The molecule has 7 nitrogen and oxygen atoms in total. The second kappa shape index (κ2) is 15.0. The van der Waals surface area contributed by atoms with Crippen molar-refractivity contribution in [3.8, 4) is 0 Å². The fourth-order valence-corrected chi connectivity index (χ4v) is 6.96. The fourth-order valence-electron chi connectivity index (χ4n) is 5.63. The summed E-state index contributed by atoms with van der Waals surface area (Å²) in [6, 6.07) is 17.1. The van der Waals surface area contributed by atoms with Crippen molar-refractivity contribution in [1.29, 1.82) is 0 Å². The highest BCUT2D eigenvalue weighted by Gasteiger charge is 2.32. The number of benzene rings is 2. The molecule has 1 aliphatic carbocycles. The van der Waals surface area contributed by atoms with Gasteiger partial charge in [0.05, 0.1) is 11.4 Å². The van der Waals surface area contributed by atoms with E-state index in [4.69, 9.17) is 0 Å². The molecule has 0 saturated carbocycles. The molecule has 0 radical (unpaired) electrons. The standard InChI is InChI=1S/C29H33FN4O3S.C4H6/c30-23-9-10-26-22(18-23)8-11-28(27(26)17-21-5-4-14-31-19-21)32-29(35)20-34-15-12-24(13-16-34)33-38(36,37)25-6-2-1-3-7-25;1-3-4-2/h1-7,9-10,14,18-19,24,27-28,33H,8,11-13,15-17,20H2,(H,32,35);3-4H,1-2H2. The molecule has 42 heavy (non-hydrogen) atoms. The number of likely N-dealkylation sites (tertiary alicyclic amines) is 1. The number of hydrogen-bond donors (Lipinski definition) is 2. The number of piperidine rings is 1. The second-order valence-corrected chi connectivity index (χ2v) is 12.4. The van der Waals surface area contributed by atoms with E-state index in [-0.39, 0.29) is 41.2 Å². The van der Waals surface area contributed by atoms with Crippen LogP contribution in [0.25, 0.3) is 0 Å². The first-order chi connectivity index (χ1) is 20.3. The van der Waals surface area contributed by atoms with Crippen LogP contribution in [0.15, 0.2) is 103 Å². The summed E-state index contributed by atoms with van der Waals surface area (Å²) in [5.41, 5.74) is 3.16. The van der Waals surface area contributed by atoms with Gasteiger partial charge in [-0.2, -0.15) is 0 Å². The molecule has 1 aliphatic heterocycles. The smallest absolute Gasteiger partial charge is 0.240 e. The number of allylic oxidation sites excluding steroid dienone is 2. The van der Waals surface area contributed by atoms with Gasteiger partial charge in [-0.3, -0.25) is 14.7 Å². The molecular formula is C33H39FN4O3S. The fraction of sp³-hybridized carbons (Fsp3) is 0.333. The van der Waals surface area contributed by atoms with Crippen LogP contribution < -0.4 is 10.0 Å². The van der Waals surface area contributed by atoms with Gasteiger partial charge < -0.3 is 5.32 Å². The van der Waals surface area contributed by atoms with Gasteiger partial charge >= 0.3 is 0 Å². The van der Waals surface area contributed by atoms with E-state index in [1.54, 1.807) is 54.7 Å². The van der Waals surface area contributed by atoms with Crippen LogP contribution >= 0.6 is 0 Å². The van der Waals surface area contributed by atoms with Gasteiger partial charge in [0.2, 0.25) is 15.9 Å². The Balaban J connectivity index is 0.000000952. The van der Waals surface area contributed by atoms with Gasteiger partial charge in [-0.15, -0.1) is 0 Å². The number of aromatic nitrogens is 1. The number of amides is 1. The lowest BCUT2D eigenvalue weighted by Crippen LogP contribution is -2.50. The minimum Gasteiger partial charge on any atom is -0.352 e. The maximum Gasteiger partial charge on any atom is 0.240 e. The van der Waals surface area contributed by atoms with Gasteiger partial charge in [0, 0.05) is 43.5 Å². The Bertz CT molecular complexity index is 1440. The molecule has 2 N–H and O–H groups in total. The Morgan fingerprint density at radius 3 is 2.43 bits per heavy atom. The number of carbonyl (C=O) groups excluding carboxylic acids is 1. The molecule has 2 aromatic carbocycles. The molecule has 2 unspecified atom stereocenters. The average molecular weight is 591 g/mol. The van der Waals surface area contributed by atoms with Gasteiger partial charge in [0.15, 0.2) is 0 Å². The highest BCUT2D eigenvalue weighted by Crippen LogP contribution is 2.35. The predicted octanol–water partition coefficient (Wildman–Crippen LogP) is 4.78. The van der Waals surface area contributed by atoms with Crippen molar-refractivity contribution in [3.05, 3.63) is 121 Å². The normalized spacial score (nSPS) is 19.1. The van der Waals surface area contributed by atoms with Crippen LogP contribution in [-0.4, -0.2) is 55.9 Å². The quantitative estimate of drug-likeness (QED) is 0.350. The number of rotatable bonds is 9. The van der Waals surface area contributed by atoms with E-state index in [1.807, 2.05) is 24.4 Å². The molecule has 0 bridgehead atoms. The van der Waals surface area contributed by atoms with Gasteiger partial charge in [-0.25, -0.2) is 17.5 Å². The Hall–Kier alpha value is -3.66. The van der Waals surface area contributed by atoms with Gasteiger partial charge in [0.1, 0.15) is 5.82 Å². The number of nitrogens with zero attached hydrogens (tertiary/aromatic N) is 2. The first kappa shape index (κ1) is 31.3. The zero-order chi connectivity index (χ0) is 30.0. The minimum atomic E-state index is -3.55. The molecule has 2 heterocycles. The number of pyridine rings is 1. The summed E-state index contributed by atoms with van der Waals surface area (Å²) >= 11 is 0. The third-order valence-electron chi connectivity index (χ3n) is 7.74. The summed E-state index contributed by atoms with van der Waals surface area (Å²) in [5.74, 6) is -0.244. The van der Waals surface area contributed by atoms with E-state index in [2.05, 4.69) is 33.1 Å². The first-order valence-electron chi connectivity index (χ1n) is 14.3. The monoisotopic (exact) mass is 590 g/mol. The average Bonchev–Trinajstić information content (AvgIpc) is 3.00. The third-order valence-corrected chi connectivity index (χ3v) is 9.27. The van der Waals surface area contributed by atoms with Crippen LogP contribution in [0.3, 0.4) is 0 Å². The summed E-state index contributed by atoms with van der Waals surface area (Å²) in [6.45, 7) is 8.27. The maximum absolute atomic E-state index is 13.9. The molecule has 9 heteroatoms. The van der Waals surface area contributed by atoms with Crippen LogP contribution in [0.1, 0.15) is 41.9 Å². The summed E-state index contributed by atoms with van der Waals surface area (Å²) < 4.78 is 42.0. The predicted molar refractivity (Wildman–Crippen MR) is 164 cm³/mol. The lowest BCUT2D eigenvalue weighted by Gasteiger charge is -2.36. The molecule has 1 amide bonds. The molecule has 2 aliphatic rings. The summed E-state index contributed by atoms with van der Waals surface area (Å²) in [5, 5.41) is 3.26. The Morgan fingerprint density at radius 2 is 1.76 bits per heavy atom. The lowest BCUT2D eigenvalue weighted by molar-refractivity contribution is -0.123. The van der Waals surface area contributed by atoms with Crippen molar-refractivity contribution in [3.63, 3.8) is 0 Å². The largest absolute Gasteiger partial charge is 0.352 e. The number of aryl methyl sites for hydroxylation is 1. The molecule has 3 aromatic rings. The van der Waals surface area contributed by atoms with Crippen molar-refractivity contribution in [1.82, 2.24) is 19.9 Å². The molecule has 1 fully saturated rings. The number of hydrogen-bond acceptors (Lipinski definition) is 5. The topological polar surface area (TPSA) is 91.4 Å². The van der Waals surface area contributed by atoms with Crippen molar-refractivity contribution >= 4 is 15.9 Å². The molecule has 0 spiro atoms. The van der Waals surface area contributed by atoms with Crippen LogP contribution in [0.5, 0.6) is 0 Å². The minimum absolute atomic E-state index is 0.0330. The summed E-state index contributed by atoms with van der Waals surface area (Å²) in [6.07, 6.45) is 10.3. The van der Waals surface area contributed by atoms with E-state index in [1.165, 1.54) is 6.07 Å². The van der Waals surface area contributed by atoms with Crippen molar-refractivity contribution < 1.29 is 17.6 Å². The van der Waals surface area contributed by atoms with Gasteiger partial charge in [-0.05, 0) is 79.1 Å². The first-order valence-corrected chi connectivity index (χ1v) is 15.8. The van der Waals surface area contributed by atoms with E-state index in [0.717, 1.165) is 23.1 Å². The van der Waals surface area contributed by atoms with E-state index >= 15 is 0 Å². The van der Waals surface area contributed by atoms with Crippen molar-refractivity contribution in [2.24, 2.45) is 0 Å². The summed E-state index contributed by atoms with van der Waals surface area (Å²) in [4.78, 5) is 19.7. The highest BCUT2D eigenvalue weighted by atomic mass is 32.2. The Morgan fingerprint density at radius 1 is 1.02 bits per heavy atom. The molecule has 1 aromatic heterocycles. The second-order valence-electron chi connectivity index (χ2n) is 10.7. The Labute approximate surface area is 248 Å². The molecule has 5 rings (SSSR count). The van der Waals surface area contributed by atoms with Crippen LogP contribution in [-0.2, 0) is 27.7 Å². The van der Waals surface area contributed by atoms with Crippen molar-refractivity contribution in [2.45, 2.75) is 55.0 Å². The molecule has 1 saturated heterocycles. The molecular weight excluding hydrogens is 551 g/mol. The Kier molecular flexibility index (Phi) is 11.2. The number of halogens is 1. The maximum atomic E-state index is 13.9. The molecule has 222 valence electrons. The number of carbonyl (C=O) groups is 1. The highest BCUT2D eigenvalue weighted by molar-refractivity contribution is 7.89. The van der Waals surface area contributed by atoms with Crippen LogP contribution in [0, 0.1) is 5.82 Å². The SMILES string of the molecule is C=CC=C.O=C(CN1CCC(NS(=O)(=O)c2ccccc2)CC1)NC1CCc2cc(F)ccc2C1Cc1cccnc1. The van der Waals surface area contributed by atoms with Crippen LogP contribution in [0.4, 0.5) is 4.39 Å². The zero-order valence-electron chi connectivity index (χ0n) is 23.8. The lowest BCUT2D eigenvalue weighted by atomic mass is 9.76. The number of fused-ring (bicyclic) bond motifs is 1. The van der Waals surface area contributed by atoms with E-state index < -0.39 is 10.0 Å². The zero-order valence-corrected chi connectivity index (χ0v) is 24.6.